The van der Waals surface area contributed by atoms with Crippen LogP contribution in [0, 0.1) is 0 Å². The van der Waals surface area contributed by atoms with Crippen molar-refractivity contribution in [2.45, 2.75) is 18.9 Å². The molecule has 3 heterocycles. The highest BCUT2D eigenvalue weighted by atomic mass is 16.5. The number of hydrogen-bond acceptors (Lipinski definition) is 4. The molecule has 4 aromatic rings. The number of benzene rings is 2. The zero-order valence-electron chi connectivity index (χ0n) is 14.6. The third kappa shape index (κ3) is 2.79. The molecule has 0 aliphatic carbocycles. The molecule has 6 heteroatoms. The fourth-order valence-electron chi connectivity index (χ4n) is 3.69. The van der Waals surface area contributed by atoms with Crippen LogP contribution in [-0.4, -0.2) is 32.5 Å². The Bertz CT molecular complexity index is 1100. The van der Waals surface area contributed by atoms with Gasteiger partial charge in [-0.05, 0) is 37.1 Å². The molecule has 1 N–H and O–H groups in total. The van der Waals surface area contributed by atoms with Gasteiger partial charge in [0.1, 0.15) is 6.04 Å². The summed E-state index contributed by atoms with van der Waals surface area (Å²) in [5.41, 5.74) is 2.60. The van der Waals surface area contributed by atoms with Crippen molar-refractivity contribution < 1.29 is 9.32 Å². The molecular formula is C21H18N4O2. The summed E-state index contributed by atoms with van der Waals surface area (Å²) in [5, 5.41) is 5.13. The summed E-state index contributed by atoms with van der Waals surface area (Å²) in [4.78, 5) is 22.6. The standard InChI is InChI=1S/C21H18N4O2/c26-21(16-8-9-17-15(13-16)10-11-22-17)25-12-4-7-18(25)20-23-19(24-27-20)14-5-2-1-3-6-14/h1-3,5-6,8-11,13,18,22H,4,7,12H2/t18-/m1/s1. The summed E-state index contributed by atoms with van der Waals surface area (Å²) in [6, 6.07) is 17.2. The second-order valence-corrected chi connectivity index (χ2v) is 6.76. The molecule has 2 aromatic heterocycles. The van der Waals surface area contributed by atoms with Crippen LogP contribution in [0.25, 0.3) is 22.3 Å². The van der Waals surface area contributed by atoms with Gasteiger partial charge in [0.05, 0.1) is 0 Å². The predicted molar refractivity (Wildman–Crippen MR) is 101 cm³/mol. The molecule has 0 unspecified atom stereocenters. The summed E-state index contributed by atoms with van der Waals surface area (Å²) >= 11 is 0. The van der Waals surface area contributed by atoms with E-state index in [-0.39, 0.29) is 11.9 Å². The van der Waals surface area contributed by atoms with Crippen LogP contribution in [0.15, 0.2) is 65.3 Å². The zero-order chi connectivity index (χ0) is 18.2. The van der Waals surface area contributed by atoms with Crippen LogP contribution >= 0.6 is 0 Å². The Morgan fingerprint density at radius 1 is 1.15 bits per heavy atom. The summed E-state index contributed by atoms with van der Waals surface area (Å²) in [6.45, 7) is 0.692. The van der Waals surface area contributed by atoms with Gasteiger partial charge in [0.15, 0.2) is 0 Å². The minimum atomic E-state index is -0.176. The molecule has 5 rings (SSSR count). The van der Waals surface area contributed by atoms with Crippen LogP contribution < -0.4 is 0 Å². The number of likely N-dealkylation sites (tertiary alicyclic amines) is 1. The van der Waals surface area contributed by atoms with Crippen molar-refractivity contribution >= 4 is 16.8 Å². The second kappa shape index (κ2) is 6.39. The van der Waals surface area contributed by atoms with E-state index in [1.54, 1.807) is 0 Å². The van der Waals surface area contributed by atoms with Gasteiger partial charge in [-0.1, -0.05) is 35.5 Å². The molecule has 1 aliphatic heterocycles. The molecule has 134 valence electrons. The zero-order valence-corrected chi connectivity index (χ0v) is 14.6. The first-order valence-corrected chi connectivity index (χ1v) is 9.07. The molecule has 0 saturated carbocycles. The highest BCUT2D eigenvalue weighted by Gasteiger charge is 2.34. The van der Waals surface area contributed by atoms with E-state index in [1.165, 1.54) is 0 Å². The molecule has 0 spiro atoms. The number of amides is 1. The van der Waals surface area contributed by atoms with Crippen LogP contribution in [0.4, 0.5) is 0 Å². The Morgan fingerprint density at radius 2 is 2.04 bits per heavy atom. The number of aromatic amines is 1. The molecule has 2 aromatic carbocycles. The Morgan fingerprint density at radius 3 is 2.93 bits per heavy atom. The molecule has 1 fully saturated rings. The number of carbonyl (C=O) groups excluding carboxylic acids is 1. The van der Waals surface area contributed by atoms with Crippen molar-refractivity contribution in [1.29, 1.82) is 0 Å². The van der Waals surface area contributed by atoms with Crippen molar-refractivity contribution in [2.75, 3.05) is 6.54 Å². The quantitative estimate of drug-likeness (QED) is 0.596. The van der Waals surface area contributed by atoms with Crippen LogP contribution in [-0.2, 0) is 0 Å². The second-order valence-electron chi connectivity index (χ2n) is 6.76. The van der Waals surface area contributed by atoms with Gasteiger partial charge in [-0.2, -0.15) is 4.98 Å². The van der Waals surface area contributed by atoms with Crippen molar-refractivity contribution in [3.8, 4) is 11.4 Å². The van der Waals surface area contributed by atoms with E-state index in [4.69, 9.17) is 4.52 Å². The van der Waals surface area contributed by atoms with Crippen LogP contribution in [0.3, 0.4) is 0 Å². The number of carbonyl (C=O) groups is 1. The lowest BCUT2D eigenvalue weighted by Gasteiger charge is -2.22. The first kappa shape index (κ1) is 15.8. The van der Waals surface area contributed by atoms with E-state index in [9.17, 15) is 4.79 Å². The monoisotopic (exact) mass is 358 g/mol. The number of aromatic nitrogens is 3. The smallest absolute Gasteiger partial charge is 0.254 e. The fraction of sp³-hybridized carbons (Fsp3) is 0.190. The normalized spacial score (nSPS) is 16.9. The van der Waals surface area contributed by atoms with E-state index in [2.05, 4.69) is 15.1 Å². The predicted octanol–water partition coefficient (Wildman–Crippen LogP) is 4.20. The largest absolute Gasteiger partial charge is 0.361 e. The third-order valence-corrected chi connectivity index (χ3v) is 5.07. The molecule has 0 bridgehead atoms. The lowest BCUT2D eigenvalue weighted by molar-refractivity contribution is 0.0710. The number of nitrogens with one attached hydrogen (secondary N) is 1. The average Bonchev–Trinajstić information content (AvgIpc) is 3.47. The highest BCUT2D eigenvalue weighted by molar-refractivity contribution is 5.98. The van der Waals surface area contributed by atoms with Gasteiger partial charge in [-0.15, -0.1) is 0 Å². The lowest BCUT2D eigenvalue weighted by atomic mass is 10.1. The number of H-pyrrole nitrogens is 1. The summed E-state index contributed by atoms with van der Waals surface area (Å²) in [7, 11) is 0. The van der Waals surface area contributed by atoms with Gasteiger partial charge in [0.25, 0.3) is 5.91 Å². The maximum Gasteiger partial charge on any atom is 0.254 e. The molecular weight excluding hydrogens is 340 g/mol. The SMILES string of the molecule is O=C(c1ccc2[nH]ccc2c1)N1CCC[C@@H]1c1nc(-c2ccccc2)no1. The van der Waals surface area contributed by atoms with Crippen molar-refractivity contribution in [2.24, 2.45) is 0 Å². The fourth-order valence-corrected chi connectivity index (χ4v) is 3.69. The van der Waals surface area contributed by atoms with E-state index in [0.29, 0.717) is 23.8 Å². The minimum absolute atomic E-state index is 0.0000566. The highest BCUT2D eigenvalue weighted by Crippen LogP contribution is 2.33. The third-order valence-electron chi connectivity index (χ3n) is 5.07. The topological polar surface area (TPSA) is 75.0 Å². The van der Waals surface area contributed by atoms with Gasteiger partial charge >= 0.3 is 0 Å². The summed E-state index contributed by atoms with van der Waals surface area (Å²) < 4.78 is 5.52. The first-order chi connectivity index (χ1) is 13.3. The summed E-state index contributed by atoms with van der Waals surface area (Å²) in [6.07, 6.45) is 3.63. The number of hydrogen-bond donors (Lipinski definition) is 1. The molecule has 1 saturated heterocycles. The Balaban J connectivity index is 1.43. The van der Waals surface area contributed by atoms with E-state index >= 15 is 0 Å². The molecule has 6 nitrogen and oxygen atoms in total. The van der Waals surface area contributed by atoms with Gasteiger partial charge < -0.3 is 14.4 Å². The van der Waals surface area contributed by atoms with E-state index in [0.717, 1.165) is 29.3 Å². The minimum Gasteiger partial charge on any atom is -0.361 e. The molecule has 1 aliphatic rings. The summed E-state index contributed by atoms with van der Waals surface area (Å²) in [5.74, 6) is 1.06. The molecule has 1 amide bonds. The average molecular weight is 358 g/mol. The lowest BCUT2D eigenvalue weighted by Crippen LogP contribution is -2.30. The van der Waals surface area contributed by atoms with Crippen molar-refractivity contribution in [1.82, 2.24) is 20.0 Å². The number of fused-ring (bicyclic) bond motifs is 1. The van der Waals surface area contributed by atoms with Crippen molar-refractivity contribution in [3.05, 3.63) is 72.2 Å². The van der Waals surface area contributed by atoms with Crippen LogP contribution in [0.1, 0.15) is 35.1 Å². The Kier molecular flexibility index (Phi) is 3.74. The Labute approximate surface area is 155 Å². The molecule has 1 atom stereocenters. The van der Waals surface area contributed by atoms with E-state index in [1.807, 2.05) is 65.7 Å². The van der Waals surface area contributed by atoms with E-state index < -0.39 is 0 Å². The maximum absolute atomic E-state index is 13.1. The molecule has 27 heavy (non-hydrogen) atoms. The Hall–Kier alpha value is -3.41. The number of nitrogens with zero attached hydrogens (tertiary/aromatic N) is 3. The molecule has 0 radical (unpaired) electrons. The van der Waals surface area contributed by atoms with Gasteiger partial charge in [0.2, 0.25) is 11.7 Å². The van der Waals surface area contributed by atoms with Crippen LogP contribution in [0.2, 0.25) is 0 Å². The van der Waals surface area contributed by atoms with Crippen molar-refractivity contribution in [3.63, 3.8) is 0 Å². The van der Waals surface area contributed by atoms with Gasteiger partial charge in [-0.3, -0.25) is 4.79 Å². The van der Waals surface area contributed by atoms with Gasteiger partial charge in [0, 0.05) is 34.8 Å². The van der Waals surface area contributed by atoms with Crippen LogP contribution in [0.5, 0.6) is 0 Å². The number of rotatable bonds is 3. The van der Waals surface area contributed by atoms with Gasteiger partial charge in [-0.25, -0.2) is 0 Å². The maximum atomic E-state index is 13.1. The first-order valence-electron chi connectivity index (χ1n) is 9.07.